The summed E-state index contributed by atoms with van der Waals surface area (Å²) in [7, 11) is 0. The third kappa shape index (κ3) is 3.16. The van der Waals surface area contributed by atoms with Gasteiger partial charge >= 0.3 is 0 Å². The van der Waals surface area contributed by atoms with Crippen molar-refractivity contribution in [3.63, 3.8) is 0 Å². The lowest BCUT2D eigenvalue weighted by atomic mass is 9.79. The van der Waals surface area contributed by atoms with Crippen LogP contribution in [0.5, 0.6) is 0 Å². The van der Waals surface area contributed by atoms with Gasteiger partial charge in [-0.2, -0.15) is 0 Å². The second-order valence-electron chi connectivity index (χ2n) is 6.82. The van der Waals surface area contributed by atoms with E-state index in [0.717, 1.165) is 10.9 Å². The van der Waals surface area contributed by atoms with Crippen molar-refractivity contribution in [2.24, 2.45) is 5.92 Å². The fraction of sp³-hybridized carbons (Fsp3) is 0.400. The molecule has 0 nitrogen and oxygen atoms in total. The van der Waals surface area contributed by atoms with Crippen LogP contribution >= 0.6 is 11.6 Å². The Balaban J connectivity index is 1.74. The average Bonchev–Trinajstić information content (AvgIpc) is 2.85. The normalized spacial score (nSPS) is 25.2. The lowest BCUT2D eigenvalue weighted by molar-refractivity contribution is 0.450. The van der Waals surface area contributed by atoms with Crippen LogP contribution in [0.1, 0.15) is 42.9 Å². The predicted molar refractivity (Wildman–Crippen MR) is 91.0 cm³/mol. The molecular weight excluding hydrogens is 276 g/mol. The molecule has 2 aromatic carbocycles. The Morgan fingerprint density at radius 3 is 2.62 bits per heavy atom. The van der Waals surface area contributed by atoms with Gasteiger partial charge in [-0.1, -0.05) is 61.0 Å². The van der Waals surface area contributed by atoms with Gasteiger partial charge in [-0.15, -0.1) is 0 Å². The summed E-state index contributed by atoms with van der Waals surface area (Å²) in [6.45, 7) is 4.52. The topological polar surface area (TPSA) is 0 Å². The molecule has 1 aliphatic carbocycles. The van der Waals surface area contributed by atoms with Crippen molar-refractivity contribution in [1.29, 1.82) is 0 Å². The Bertz CT molecular complexity index is 617. The van der Waals surface area contributed by atoms with Gasteiger partial charge in [-0.05, 0) is 66.7 Å². The van der Waals surface area contributed by atoms with Gasteiger partial charge in [0.25, 0.3) is 0 Å². The molecule has 1 heteroatoms. The summed E-state index contributed by atoms with van der Waals surface area (Å²) < 4.78 is 0. The highest BCUT2D eigenvalue weighted by atomic mass is 35.5. The molecule has 0 aliphatic heterocycles. The zero-order valence-corrected chi connectivity index (χ0v) is 13.7. The third-order valence-electron chi connectivity index (χ3n) is 5.07. The first-order valence-electron chi connectivity index (χ1n) is 7.87. The fourth-order valence-electron chi connectivity index (χ4n) is 3.77. The fourth-order valence-corrected chi connectivity index (χ4v) is 3.89. The summed E-state index contributed by atoms with van der Waals surface area (Å²) >= 11 is 6.17. The van der Waals surface area contributed by atoms with Gasteiger partial charge in [0.2, 0.25) is 0 Å². The molecule has 0 bridgehead atoms. The highest BCUT2D eigenvalue weighted by Crippen LogP contribution is 2.45. The van der Waals surface area contributed by atoms with E-state index < -0.39 is 0 Å². The van der Waals surface area contributed by atoms with Crippen LogP contribution in [0.2, 0.25) is 5.02 Å². The zero-order valence-electron chi connectivity index (χ0n) is 12.9. The van der Waals surface area contributed by atoms with E-state index in [0.29, 0.717) is 5.41 Å². The molecule has 3 rings (SSSR count). The van der Waals surface area contributed by atoms with Gasteiger partial charge in [0, 0.05) is 5.02 Å². The van der Waals surface area contributed by atoms with Crippen molar-refractivity contribution in [2.45, 2.75) is 44.9 Å². The van der Waals surface area contributed by atoms with Gasteiger partial charge in [0.1, 0.15) is 0 Å². The number of hydrogen-bond acceptors (Lipinski definition) is 0. The lowest BCUT2D eigenvalue weighted by Crippen LogP contribution is -2.18. The zero-order chi connectivity index (χ0) is 14.9. The first-order chi connectivity index (χ1) is 10.1. The molecule has 1 fully saturated rings. The Morgan fingerprint density at radius 2 is 1.90 bits per heavy atom. The van der Waals surface area contributed by atoms with E-state index >= 15 is 0 Å². The summed E-state index contributed by atoms with van der Waals surface area (Å²) in [5.41, 5.74) is 4.44. The van der Waals surface area contributed by atoms with E-state index in [1.165, 1.54) is 42.4 Å². The molecular formula is C20H23Cl. The second kappa shape index (κ2) is 5.85. The van der Waals surface area contributed by atoms with Crippen molar-refractivity contribution >= 4 is 11.6 Å². The van der Waals surface area contributed by atoms with Crippen molar-refractivity contribution in [3.05, 3.63) is 70.2 Å². The highest BCUT2D eigenvalue weighted by Gasteiger charge is 2.36. The standard InChI is InChI=1S/C20H23Cl/c1-15-12-18(8-9-19(15)21)20(2)11-10-17(14-20)13-16-6-4-3-5-7-16/h3-9,12,17H,10-11,13-14H2,1-2H3. The summed E-state index contributed by atoms with van der Waals surface area (Å²) in [6, 6.07) is 17.5. The smallest absolute Gasteiger partial charge is 0.0435 e. The summed E-state index contributed by atoms with van der Waals surface area (Å²) in [5.74, 6) is 0.799. The number of benzene rings is 2. The second-order valence-corrected chi connectivity index (χ2v) is 7.23. The van der Waals surface area contributed by atoms with Crippen molar-refractivity contribution in [3.8, 4) is 0 Å². The molecule has 110 valence electrons. The monoisotopic (exact) mass is 298 g/mol. The summed E-state index contributed by atoms with van der Waals surface area (Å²) in [6.07, 6.45) is 5.10. The van der Waals surface area contributed by atoms with Gasteiger partial charge in [0.05, 0.1) is 0 Å². The maximum absolute atomic E-state index is 6.17. The van der Waals surface area contributed by atoms with Crippen molar-refractivity contribution in [1.82, 2.24) is 0 Å². The van der Waals surface area contributed by atoms with Gasteiger partial charge in [-0.3, -0.25) is 0 Å². The molecule has 0 heterocycles. The minimum absolute atomic E-state index is 0.314. The first-order valence-corrected chi connectivity index (χ1v) is 8.25. The number of aryl methyl sites for hydroxylation is 1. The molecule has 0 saturated heterocycles. The molecule has 0 amide bonds. The molecule has 2 aromatic rings. The van der Waals surface area contributed by atoms with Crippen molar-refractivity contribution < 1.29 is 0 Å². The van der Waals surface area contributed by atoms with E-state index in [1.54, 1.807) is 0 Å². The van der Waals surface area contributed by atoms with Crippen LogP contribution in [-0.2, 0) is 11.8 Å². The van der Waals surface area contributed by atoms with Crippen LogP contribution in [0.15, 0.2) is 48.5 Å². The Hall–Kier alpha value is -1.27. The van der Waals surface area contributed by atoms with E-state index in [-0.39, 0.29) is 0 Å². The number of rotatable bonds is 3. The Morgan fingerprint density at radius 1 is 1.14 bits per heavy atom. The number of hydrogen-bond donors (Lipinski definition) is 0. The van der Waals surface area contributed by atoms with Crippen LogP contribution in [0.4, 0.5) is 0 Å². The van der Waals surface area contributed by atoms with Crippen LogP contribution in [0.25, 0.3) is 0 Å². The maximum Gasteiger partial charge on any atom is 0.0435 e. The van der Waals surface area contributed by atoms with Crippen LogP contribution < -0.4 is 0 Å². The Labute approximate surface area is 133 Å². The molecule has 0 aromatic heterocycles. The molecule has 0 spiro atoms. The minimum atomic E-state index is 0.314. The summed E-state index contributed by atoms with van der Waals surface area (Å²) in [5, 5.41) is 0.876. The lowest BCUT2D eigenvalue weighted by Gasteiger charge is -2.26. The summed E-state index contributed by atoms with van der Waals surface area (Å²) in [4.78, 5) is 0. The Kier molecular flexibility index (Phi) is 4.08. The molecule has 0 radical (unpaired) electrons. The van der Waals surface area contributed by atoms with Crippen molar-refractivity contribution in [2.75, 3.05) is 0 Å². The molecule has 2 atom stereocenters. The SMILES string of the molecule is Cc1cc(C2(C)CCC(Cc3ccccc3)C2)ccc1Cl. The highest BCUT2D eigenvalue weighted by molar-refractivity contribution is 6.31. The molecule has 21 heavy (non-hydrogen) atoms. The van der Waals surface area contributed by atoms with Gasteiger partial charge in [0.15, 0.2) is 0 Å². The van der Waals surface area contributed by atoms with Crippen LogP contribution in [0.3, 0.4) is 0 Å². The van der Waals surface area contributed by atoms with E-state index in [9.17, 15) is 0 Å². The largest absolute Gasteiger partial charge is 0.0841 e. The first kappa shape index (κ1) is 14.7. The minimum Gasteiger partial charge on any atom is -0.0841 e. The van der Waals surface area contributed by atoms with Crippen LogP contribution in [0, 0.1) is 12.8 Å². The molecule has 1 aliphatic rings. The van der Waals surface area contributed by atoms with E-state index in [2.05, 4.69) is 62.4 Å². The predicted octanol–water partition coefficient (Wildman–Crippen LogP) is 5.95. The maximum atomic E-state index is 6.17. The van der Waals surface area contributed by atoms with E-state index in [1.807, 2.05) is 0 Å². The molecule has 1 saturated carbocycles. The van der Waals surface area contributed by atoms with E-state index in [4.69, 9.17) is 11.6 Å². The number of halogens is 1. The van der Waals surface area contributed by atoms with Gasteiger partial charge in [-0.25, -0.2) is 0 Å². The average molecular weight is 299 g/mol. The molecule has 0 N–H and O–H groups in total. The van der Waals surface area contributed by atoms with Crippen LogP contribution in [-0.4, -0.2) is 0 Å². The quantitative estimate of drug-likeness (QED) is 0.657. The third-order valence-corrected chi connectivity index (χ3v) is 5.49. The molecule has 2 unspecified atom stereocenters. The van der Waals surface area contributed by atoms with Gasteiger partial charge < -0.3 is 0 Å².